The molecule has 0 saturated heterocycles. The van der Waals surface area contributed by atoms with E-state index in [1.54, 1.807) is 0 Å². The van der Waals surface area contributed by atoms with E-state index >= 15 is 0 Å². The third kappa shape index (κ3) is 5.97. The van der Waals surface area contributed by atoms with Gasteiger partial charge in [0.25, 0.3) is 0 Å². The minimum atomic E-state index is 1.13. The number of benzene rings is 10. The molecular formula is C56H44N2. The number of hydrogen-bond acceptors (Lipinski definition) is 2. The van der Waals surface area contributed by atoms with Gasteiger partial charge in [-0.15, -0.1) is 0 Å². The number of nitrogens with zero attached hydrogens (tertiary/aromatic N) is 2. The van der Waals surface area contributed by atoms with Crippen LogP contribution in [-0.4, -0.2) is 0 Å². The molecule has 0 radical (unpaired) electrons. The zero-order valence-electron chi connectivity index (χ0n) is 33.4. The lowest BCUT2D eigenvalue weighted by atomic mass is 9.91. The lowest BCUT2D eigenvalue weighted by Crippen LogP contribution is -2.13. The minimum Gasteiger partial charge on any atom is -0.310 e. The third-order valence-electron chi connectivity index (χ3n) is 11.9. The molecule has 0 amide bonds. The predicted octanol–water partition coefficient (Wildman–Crippen LogP) is 16.1. The van der Waals surface area contributed by atoms with Gasteiger partial charge in [-0.25, -0.2) is 0 Å². The molecule has 0 saturated carbocycles. The van der Waals surface area contributed by atoms with Crippen molar-refractivity contribution in [3.8, 4) is 22.3 Å². The van der Waals surface area contributed by atoms with Crippen molar-refractivity contribution in [3.63, 3.8) is 0 Å². The Balaban J connectivity index is 1.22. The molecule has 0 atom stereocenters. The van der Waals surface area contributed by atoms with Crippen LogP contribution in [0, 0.1) is 27.7 Å². The molecule has 0 aromatic heterocycles. The summed E-state index contributed by atoms with van der Waals surface area (Å²) >= 11 is 0. The van der Waals surface area contributed by atoms with Crippen LogP contribution in [0.5, 0.6) is 0 Å². The average molecular weight is 745 g/mol. The van der Waals surface area contributed by atoms with Gasteiger partial charge in [0.2, 0.25) is 0 Å². The van der Waals surface area contributed by atoms with Crippen LogP contribution in [0.1, 0.15) is 22.3 Å². The molecule has 0 bridgehead atoms. The fraction of sp³-hybridized carbons (Fsp3) is 0.0714. The van der Waals surface area contributed by atoms with Gasteiger partial charge in [0.15, 0.2) is 0 Å². The smallest absolute Gasteiger partial charge is 0.0540 e. The zero-order valence-corrected chi connectivity index (χ0v) is 33.4. The predicted molar refractivity (Wildman–Crippen MR) is 249 cm³/mol. The highest BCUT2D eigenvalue weighted by molar-refractivity contribution is 6.28. The first-order valence-corrected chi connectivity index (χ1v) is 20.2. The fourth-order valence-corrected chi connectivity index (χ4v) is 8.96. The molecule has 10 aromatic rings. The van der Waals surface area contributed by atoms with E-state index in [0.29, 0.717) is 0 Å². The van der Waals surface area contributed by atoms with Crippen molar-refractivity contribution < 1.29 is 0 Å². The quantitative estimate of drug-likeness (QED) is 0.143. The molecule has 0 fully saturated rings. The molecule has 0 N–H and O–H groups in total. The number of anilines is 6. The van der Waals surface area contributed by atoms with Gasteiger partial charge in [-0.3, -0.25) is 0 Å². The van der Waals surface area contributed by atoms with Gasteiger partial charge in [0.1, 0.15) is 0 Å². The Morgan fingerprint density at radius 3 is 1.09 bits per heavy atom. The second-order valence-corrected chi connectivity index (χ2v) is 15.6. The summed E-state index contributed by atoms with van der Waals surface area (Å²) in [4.78, 5) is 4.92. The van der Waals surface area contributed by atoms with Gasteiger partial charge >= 0.3 is 0 Å². The summed E-state index contributed by atoms with van der Waals surface area (Å²) in [6.07, 6.45) is 0. The highest BCUT2D eigenvalue weighted by Crippen LogP contribution is 2.49. The molecule has 0 spiro atoms. The van der Waals surface area contributed by atoms with Gasteiger partial charge in [0.05, 0.1) is 11.4 Å². The molecular weight excluding hydrogens is 701 g/mol. The van der Waals surface area contributed by atoms with E-state index in [4.69, 9.17) is 0 Å². The second-order valence-electron chi connectivity index (χ2n) is 15.6. The molecule has 58 heavy (non-hydrogen) atoms. The van der Waals surface area contributed by atoms with E-state index in [2.05, 4.69) is 232 Å². The monoisotopic (exact) mass is 744 g/mol. The van der Waals surface area contributed by atoms with Crippen molar-refractivity contribution in [2.75, 3.05) is 9.80 Å². The molecule has 0 aliphatic rings. The molecule has 0 aliphatic heterocycles. The fourth-order valence-electron chi connectivity index (χ4n) is 8.96. The van der Waals surface area contributed by atoms with Crippen molar-refractivity contribution in [1.82, 2.24) is 0 Å². The van der Waals surface area contributed by atoms with Gasteiger partial charge in [-0.05, 0) is 142 Å². The van der Waals surface area contributed by atoms with Crippen LogP contribution in [0.25, 0.3) is 54.6 Å². The summed E-state index contributed by atoms with van der Waals surface area (Å²) in [5.41, 5.74) is 16.8. The van der Waals surface area contributed by atoms with Crippen molar-refractivity contribution in [1.29, 1.82) is 0 Å². The summed E-state index contributed by atoms with van der Waals surface area (Å²) < 4.78 is 0. The van der Waals surface area contributed by atoms with Crippen LogP contribution in [-0.2, 0) is 0 Å². The van der Waals surface area contributed by atoms with E-state index in [1.807, 2.05) is 0 Å². The van der Waals surface area contributed by atoms with Crippen LogP contribution in [0.15, 0.2) is 194 Å². The SMILES string of the molecule is Cc1ccccc1-c1ccc(C)c(N(c2ccccc2)c2ccc3ccc4ccc(N(c5ccccc5)c5cc(-c6ccccc6C)ccc5C)c5ccc2c3c45)c1. The van der Waals surface area contributed by atoms with Crippen molar-refractivity contribution in [3.05, 3.63) is 216 Å². The van der Waals surface area contributed by atoms with Crippen LogP contribution in [0.2, 0.25) is 0 Å². The largest absolute Gasteiger partial charge is 0.310 e. The Bertz CT molecular complexity index is 2900. The molecule has 0 aliphatic carbocycles. The highest BCUT2D eigenvalue weighted by Gasteiger charge is 2.24. The average Bonchev–Trinajstić information content (AvgIpc) is 3.26. The Kier molecular flexibility index (Phi) is 8.76. The first-order valence-electron chi connectivity index (χ1n) is 20.2. The Morgan fingerprint density at radius 2 is 0.672 bits per heavy atom. The normalized spacial score (nSPS) is 11.4. The number of hydrogen-bond donors (Lipinski definition) is 0. The summed E-state index contributed by atoms with van der Waals surface area (Å²) in [5, 5.41) is 7.47. The second kappa shape index (κ2) is 14.4. The summed E-state index contributed by atoms with van der Waals surface area (Å²) in [6.45, 7) is 8.84. The zero-order chi connectivity index (χ0) is 39.3. The van der Waals surface area contributed by atoms with E-state index in [9.17, 15) is 0 Å². The van der Waals surface area contributed by atoms with Gasteiger partial charge in [-0.1, -0.05) is 146 Å². The Labute approximate surface area is 341 Å². The van der Waals surface area contributed by atoms with Gasteiger partial charge in [0, 0.05) is 33.5 Å². The maximum absolute atomic E-state index is 2.46. The third-order valence-corrected chi connectivity index (χ3v) is 11.9. The van der Waals surface area contributed by atoms with E-state index in [1.165, 1.54) is 88.2 Å². The standard InChI is InChI=1S/C56H44N2/c1-37-15-11-13-21-47(37)43-25-23-39(3)53(35-43)57(45-17-7-5-8-18-45)51-33-29-41-27-28-42-30-34-52(50-32-31-49(51)55(41)56(42)50)58(46-19-9-6-10-20-46)54-36-44(26-24-40(54)4)48-22-14-12-16-38(48)2/h5-36H,1-4H3. The molecule has 0 heterocycles. The van der Waals surface area contributed by atoms with Gasteiger partial charge < -0.3 is 9.80 Å². The summed E-state index contributed by atoms with van der Waals surface area (Å²) in [7, 11) is 0. The Hall–Kier alpha value is -7.16. The molecule has 0 unspecified atom stereocenters. The number of para-hydroxylation sites is 2. The van der Waals surface area contributed by atoms with Gasteiger partial charge in [-0.2, -0.15) is 0 Å². The molecule has 2 heteroatoms. The maximum Gasteiger partial charge on any atom is 0.0540 e. The lowest BCUT2D eigenvalue weighted by Gasteiger charge is -2.31. The highest BCUT2D eigenvalue weighted by atomic mass is 15.2. The summed E-state index contributed by atoms with van der Waals surface area (Å²) in [6, 6.07) is 71.3. The van der Waals surface area contributed by atoms with E-state index in [0.717, 1.165) is 22.7 Å². The van der Waals surface area contributed by atoms with Crippen LogP contribution in [0.4, 0.5) is 34.1 Å². The molecule has 10 rings (SSSR count). The number of aryl methyl sites for hydroxylation is 4. The minimum absolute atomic E-state index is 1.13. The van der Waals surface area contributed by atoms with Crippen molar-refractivity contribution >= 4 is 66.4 Å². The molecule has 278 valence electrons. The topological polar surface area (TPSA) is 6.48 Å². The van der Waals surface area contributed by atoms with E-state index < -0.39 is 0 Å². The first-order chi connectivity index (χ1) is 28.4. The molecule has 10 aromatic carbocycles. The van der Waals surface area contributed by atoms with Crippen LogP contribution >= 0.6 is 0 Å². The maximum atomic E-state index is 2.46. The Morgan fingerprint density at radius 1 is 0.293 bits per heavy atom. The first kappa shape index (κ1) is 35.3. The lowest BCUT2D eigenvalue weighted by molar-refractivity contribution is 1.26. The van der Waals surface area contributed by atoms with Crippen LogP contribution < -0.4 is 9.80 Å². The number of rotatable bonds is 8. The summed E-state index contributed by atoms with van der Waals surface area (Å²) in [5.74, 6) is 0. The van der Waals surface area contributed by atoms with Crippen molar-refractivity contribution in [2.45, 2.75) is 27.7 Å². The van der Waals surface area contributed by atoms with Crippen molar-refractivity contribution in [2.24, 2.45) is 0 Å². The molecule has 2 nitrogen and oxygen atoms in total. The van der Waals surface area contributed by atoms with E-state index in [-0.39, 0.29) is 0 Å². The van der Waals surface area contributed by atoms with Crippen LogP contribution in [0.3, 0.4) is 0 Å².